The average Bonchev–Trinajstić information content (AvgIpc) is 3.33. The van der Waals surface area contributed by atoms with Gasteiger partial charge >= 0.3 is 6.09 Å². The molecule has 7 nitrogen and oxygen atoms in total. The van der Waals surface area contributed by atoms with Gasteiger partial charge < -0.3 is 10.1 Å². The number of pyridine rings is 1. The average molecular weight is 371 g/mol. The highest BCUT2D eigenvalue weighted by Gasteiger charge is 2.43. The van der Waals surface area contributed by atoms with Crippen LogP contribution in [0.25, 0.3) is 10.8 Å². The van der Waals surface area contributed by atoms with Crippen LogP contribution in [0.5, 0.6) is 0 Å². The van der Waals surface area contributed by atoms with Gasteiger partial charge in [0, 0.05) is 17.3 Å². The molecule has 2 unspecified atom stereocenters. The van der Waals surface area contributed by atoms with Crippen molar-refractivity contribution in [1.29, 1.82) is 5.26 Å². The smallest absolute Gasteiger partial charge is 0.414 e. The fourth-order valence-electron chi connectivity index (χ4n) is 3.13. The Hall–Kier alpha value is -2.85. The molecule has 0 radical (unpaired) electrons. The zero-order chi connectivity index (χ0) is 18.4. The number of nitrogens with one attached hydrogen (secondary N) is 1. The minimum absolute atomic E-state index is 0.0881. The number of carbonyl (C=O) groups excluding carboxylic acids is 2. The highest BCUT2D eigenvalue weighted by atomic mass is 35.5. The van der Waals surface area contributed by atoms with Crippen molar-refractivity contribution < 1.29 is 14.3 Å². The molecule has 2 aromatic rings. The first-order valence-electron chi connectivity index (χ1n) is 8.23. The summed E-state index contributed by atoms with van der Waals surface area (Å²) in [7, 11) is 0. The molecule has 2 amide bonds. The Labute approximate surface area is 154 Å². The van der Waals surface area contributed by atoms with Crippen molar-refractivity contribution in [1.82, 2.24) is 4.98 Å². The molecule has 1 aromatic heterocycles. The van der Waals surface area contributed by atoms with E-state index in [1.165, 1.54) is 0 Å². The molecule has 0 spiro atoms. The first kappa shape index (κ1) is 16.6. The predicted molar refractivity (Wildman–Crippen MR) is 95.9 cm³/mol. The number of hydrogen-bond donors (Lipinski definition) is 1. The Bertz CT molecular complexity index is 971. The molecule has 1 N–H and O–H groups in total. The lowest BCUT2D eigenvalue weighted by Crippen LogP contribution is -2.30. The molecule has 8 heteroatoms. The highest BCUT2D eigenvalue weighted by molar-refractivity contribution is 6.36. The summed E-state index contributed by atoms with van der Waals surface area (Å²) in [6, 6.07) is 7.23. The van der Waals surface area contributed by atoms with E-state index < -0.39 is 6.09 Å². The Morgan fingerprint density at radius 1 is 1.46 bits per heavy atom. The molecule has 3 atom stereocenters. The Morgan fingerprint density at radius 2 is 2.27 bits per heavy atom. The first-order chi connectivity index (χ1) is 12.5. The van der Waals surface area contributed by atoms with Crippen molar-refractivity contribution in [2.45, 2.75) is 19.4 Å². The summed E-state index contributed by atoms with van der Waals surface area (Å²) in [6.07, 6.45) is 1.75. The number of hydrogen-bond acceptors (Lipinski definition) is 5. The topological polar surface area (TPSA) is 95.3 Å². The Kier molecular flexibility index (Phi) is 3.93. The van der Waals surface area contributed by atoms with E-state index in [0.717, 1.165) is 10.8 Å². The zero-order valence-corrected chi connectivity index (χ0v) is 14.7. The van der Waals surface area contributed by atoms with Gasteiger partial charge in [0.05, 0.1) is 29.0 Å². The van der Waals surface area contributed by atoms with Gasteiger partial charge in [0.15, 0.2) is 0 Å². The SMILES string of the molecule is C[C@@H]1COC(=O)N1c1cc(Cl)c2cnc(NC(=O)C3CC3C#N)cc2c1. The van der Waals surface area contributed by atoms with E-state index in [1.807, 2.05) is 13.0 Å². The zero-order valence-electron chi connectivity index (χ0n) is 13.9. The van der Waals surface area contributed by atoms with Crippen LogP contribution in [0, 0.1) is 23.2 Å². The summed E-state index contributed by atoms with van der Waals surface area (Å²) in [5.41, 5.74) is 0.632. The van der Waals surface area contributed by atoms with Crippen molar-refractivity contribution in [2.75, 3.05) is 16.8 Å². The van der Waals surface area contributed by atoms with Crippen molar-refractivity contribution >= 4 is 45.9 Å². The van der Waals surface area contributed by atoms with E-state index in [-0.39, 0.29) is 23.8 Å². The number of carbonyl (C=O) groups is 2. The molecule has 1 saturated carbocycles. The van der Waals surface area contributed by atoms with E-state index in [9.17, 15) is 9.59 Å². The van der Waals surface area contributed by atoms with Crippen LogP contribution < -0.4 is 10.2 Å². The van der Waals surface area contributed by atoms with Gasteiger partial charge in [0.2, 0.25) is 5.91 Å². The molecule has 2 heterocycles. The maximum Gasteiger partial charge on any atom is 0.414 e. The second-order valence-electron chi connectivity index (χ2n) is 6.58. The number of nitriles is 1. The van der Waals surface area contributed by atoms with Gasteiger partial charge in [-0.3, -0.25) is 9.69 Å². The summed E-state index contributed by atoms with van der Waals surface area (Å²) in [5.74, 6) is -0.300. The molecule has 1 aliphatic carbocycles. The number of fused-ring (bicyclic) bond motifs is 1. The lowest BCUT2D eigenvalue weighted by Gasteiger charge is -2.19. The molecule has 1 aromatic carbocycles. The van der Waals surface area contributed by atoms with E-state index in [4.69, 9.17) is 21.6 Å². The minimum Gasteiger partial charge on any atom is -0.447 e. The molecule has 1 saturated heterocycles. The van der Waals surface area contributed by atoms with Gasteiger partial charge in [-0.1, -0.05) is 11.6 Å². The summed E-state index contributed by atoms with van der Waals surface area (Å²) in [4.78, 5) is 29.8. The largest absolute Gasteiger partial charge is 0.447 e. The van der Waals surface area contributed by atoms with Crippen LogP contribution >= 0.6 is 11.6 Å². The Morgan fingerprint density at radius 3 is 2.92 bits per heavy atom. The van der Waals surface area contributed by atoms with Gasteiger partial charge in [-0.2, -0.15) is 5.26 Å². The first-order valence-corrected chi connectivity index (χ1v) is 8.61. The lowest BCUT2D eigenvalue weighted by molar-refractivity contribution is -0.117. The summed E-state index contributed by atoms with van der Waals surface area (Å²) >= 11 is 6.35. The number of nitrogens with zero attached hydrogens (tertiary/aromatic N) is 3. The standard InChI is InChI=1S/C18H15ClN4O3/c1-9-8-26-18(25)23(9)12-2-10-4-16(21-7-14(10)15(19)5-12)22-17(24)13-3-11(13)6-20/h2,4-5,7,9,11,13H,3,8H2,1H3,(H,21,22,24)/t9-,11?,13?/m1/s1. The Balaban J connectivity index is 1.65. The number of amides is 2. The van der Waals surface area contributed by atoms with Gasteiger partial charge in [0.1, 0.15) is 12.4 Å². The number of anilines is 2. The second kappa shape index (κ2) is 6.15. The predicted octanol–water partition coefficient (Wildman–Crippen LogP) is 3.33. The van der Waals surface area contributed by atoms with E-state index in [2.05, 4.69) is 16.4 Å². The molecule has 4 rings (SSSR count). The number of cyclic esters (lactones) is 1. The van der Waals surface area contributed by atoms with Crippen LogP contribution in [0.1, 0.15) is 13.3 Å². The van der Waals surface area contributed by atoms with Gasteiger partial charge in [-0.05, 0) is 36.9 Å². The number of ether oxygens (including phenoxy) is 1. The maximum atomic E-state index is 12.1. The van der Waals surface area contributed by atoms with E-state index in [1.54, 1.807) is 23.2 Å². The third-order valence-corrected chi connectivity index (χ3v) is 4.99. The van der Waals surface area contributed by atoms with E-state index >= 15 is 0 Å². The van der Waals surface area contributed by atoms with Crippen molar-refractivity contribution in [3.63, 3.8) is 0 Å². The second-order valence-corrected chi connectivity index (χ2v) is 6.99. The van der Waals surface area contributed by atoms with Gasteiger partial charge in [-0.15, -0.1) is 0 Å². The van der Waals surface area contributed by atoms with Crippen LogP contribution in [-0.2, 0) is 9.53 Å². The molecule has 1 aliphatic heterocycles. The van der Waals surface area contributed by atoms with Crippen molar-refractivity contribution in [2.24, 2.45) is 11.8 Å². The monoisotopic (exact) mass is 370 g/mol. The maximum absolute atomic E-state index is 12.1. The molecule has 2 fully saturated rings. The molecular formula is C18H15ClN4O3. The van der Waals surface area contributed by atoms with Gasteiger partial charge in [0.25, 0.3) is 0 Å². The van der Waals surface area contributed by atoms with Crippen LogP contribution in [0.4, 0.5) is 16.3 Å². The summed E-state index contributed by atoms with van der Waals surface area (Å²) < 4.78 is 5.06. The minimum atomic E-state index is -0.410. The van der Waals surface area contributed by atoms with Crippen LogP contribution in [0.2, 0.25) is 5.02 Å². The highest BCUT2D eigenvalue weighted by Crippen LogP contribution is 2.39. The van der Waals surface area contributed by atoms with Crippen molar-refractivity contribution in [3.05, 3.63) is 29.4 Å². The molecule has 2 aliphatic rings. The van der Waals surface area contributed by atoms with E-state index in [0.29, 0.717) is 29.6 Å². The quantitative estimate of drug-likeness (QED) is 0.894. The van der Waals surface area contributed by atoms with Crippen LogP contribution in [0.3, 0.4) is 0 Å². The number of halogens is 1. The third-order valence-electron chi connectivity index (χ3n) is 4.68. The summed E-state index contributed by atoms with van der Waals surface area (Å²) in [5, 5.41) is 13.5. The molecule has 26 heavy (non-hydrogen) atoms. The molecular weight excluding hydrogens is 356 g/mol. The fourth-order valence-corrected chi connectivity index (χ4v) is 3.40. The number of benzene rings is 1. The number of rotatable bonds is 3. The fraction of sp³-hybridized carbons (Fsp3) is 0.333. The van der Waals surface area contributed by atoms with Gasteiger partial charge in [-0.25, -0.2) is 9.78 Å². The molecule has 0 bridgehead atoms. The van der Waals surface area contributed by atoms with Crippen LogP contribution in [-0.4, -0.2) is 29.6 Å². The third kappa shape index (κ3) is 2.82. The van der Waals surface area contributed by atoms with Crippen molar-refractivity contribution in [3.8, 4) is 6.07 Å². The van der Waals surface area contributed by atoms with Crippen LogP contribution in [0.15, 0.2) is 24.4 Å². The summed E-state index contributed by atoms with van der Waals surface area (Å²) in [6.45, 7) is 2.22. The molecule has 132 valence electrons. The number of aromatic nitrogens is 1. The normalized spacial score (nSPS) is 24.3. The lowest BCUT2D eigenvalue weighted by atomic mass is 10.1.